The van der Waals surface area contributed by atoms with Crippen molar-refractivity contribution >= 4 is 33.3 Å². The van der Waals surface area contributed by atoms with E-state index in [9.17, 15) is 14.9 Å². The van der Waals surface area contributed by atoms with Crippen molar-refractivity contribution in [1.29, 1.82) is 0 Å². The Bertz CT molecular complexity index is 1040. The third-order valence-corrected chi connectivity index (χ3v) is 6.37. The molecule has 0 bridgehead atoms. The van der Waals surface area contributed by atoms with Crippen LogP contribution in [0.3, 0.4) is 0 Å². The minimum Gasteiger partial charge on any atom is -0.299 e. The van der Waals surface area contributed by atoms with E-state index in [-0.39, 0.29) is 10.8 Å². The van der Waals surface area contributed by atoms with E-state index in [0.29, 0.717) is 5.56 Å². The molecule has 0 amide bonds. The van der Waals surface area contributed by atoms with Gasteiger partial charge in [-0.3, -0.25) is 19.8 Å². The maximum absolute atomic E-state index is 12.9. The highest BCUT2D eigenvalue weighted by Gasteiger charge is 2.18. The Balaban J connectivity index is 1.64. The largest absolute Gasteiger partial charge is 0.299 e. The van der Waals surface area contributed by atoms with E-state index in [2.05, 4.69) is 23.1 Å². The number of benzene rings is 3. The second-order valence-electron chi connectivity index (χ2n) is 7.29. The highest BCUT2D eigenvalue weighted by Crippen LogP contribution is 2.33. The van der Waals surface area contributed by atoms with Crippen LogP contribution in [-0.4, -0.2) is 28.0 Å². The van der Waals surface area contributed by atoms with Gasteiger partial charge in [0.05, 0.1) is 4.92 Å². The molecule has 0 saturated carbocycles. The molecule has 1 saturated heterocycles. The van der Waals surface area contributed by atoms with Crippen LogP contribution >= 0.6 is 11.8 Å². The van der Waals surface area contributed by atoms with Gasteiger partial charge in [0.25, 0.3) is 5.69 Å². The van der Waals surface area contributed by atoms with Gasteiger partial charge in [-0.25, -0.2) is 0 Å². The summed E-state index contributed by atoms with van der Waals surface area (Å²) in [6, 6.07) is 18.2. The summed E-state index contributed by atoms with van der Waals surface area (Å²) in [6.45, 7) is 3.00. The number of hydrogen-bond acceptors (Lipinski definition) is 5. The van der Waals surface area contributed by atoms with Crippen molar-refractivity contribution in [3.8, 4) is 0 Å². The monoisotopic (exact) mass is 406 g/mol. The normalized spacial score (nSPS) is 14.8. The van der Waals surface area contributed by atoms with Crippen molar-refractivity contribution < 1.29 is 9.72 Å². The number of nitro benzene ring substituents is 1. The van der Waals surface area contributed by atoms with Crippen LogP contribution in [0.15, 0.2) is 65.6 Å². The summed E-state index contributed by atoms with van der Waals surface area (Å²) in [5.74, 6) is 0. The molecular formula is C23H22N2O3S. The Hall–Kier alpha value is -2.70. The van der Waals surface area contributed by atoms with Crippen molar-refractivity contribution in [2.75, 3.05) is 13.1 Å². The maximum atomic E-state index is 12.9. The molecule has 6 heteroatoms. The van der Waals surface area contributed by atoms with Crippen molar-refractivity contribution in [3.05, 3.63) is 81.9 Å². The zero-order valence-electron chi connectivity index (χ0n) is 16.0. The van der Waals surface area contributed by atoms with Crippen LogP contribution in [0.5, 0.6) is 0 Å². The highest BCUT2D eigenvalue weighted by atomic mass is 32.2. The molecule has 3 aromatic rings. The third kappa shape index (κ3) is 4.49. The number of fused-ring (bicyclic) bond motifs is 1. The number of rotatable bonds is 5. The van der Waals surface area contributed by atoms with Gasteiger partial charge in [0.2, 0.25) is 5.12 Å². The lowest BCUT2D eigenvalue weighted by atomic mass is 10.0. The molecule has 0 unspecified atom stereocenters. The molecule has 1 fully saturated rings. The van der Waals surface area contributed by atoms with E-state index in [1.807, 2.05) is 18.2 Å². The smallest absolute Gasteiger partial charge is 0.269 e. The summed E-state index contributed by atoms with van der Waals surface area (Å²) in [6.07, 6.45) is 3.72. The first-order chi connectivity index (χ1) is 14.1. The Morgan fingerprint density at radius 3 is 2.41 bits per heavy atom. The predicted octanol–water partition coefficient (Wildman–Crippen LogP) is 5.67. The molecule has 1 aliphatic heterocycles. The molecule has 0 aromatic heterocycles. The van der Waals surface area contributed by atoms with E-state index >= 15 is 0 Å². The average Bonchev–Trinajstić information content (AvgIpc) is 2.76. The minimum absolute atomic E-state index is 0.0111. The number of likely N-dealkylation sites (tertiary alicyclic amines) is 1. The topological polar surface area (TPSA) is 63.5 Å². The second-order valence-corrected chi connectivity index (χ2v) is 8.31. The molecule has 0 spiro atoms. The fourth-order valence-corrected chi connectivity index (χ4v) is 4.68. The van der Waals surface area contributed by atoms with Gasteiger partial charge >= 0.3 is 0 Å². The predicted molar refractivity (Wildman–Crippen MR) is 116 cm³/mol. The van der Waals surface area contributed by atoms with Crippen LogP contribution in [0.2, 0.25) is 0 Å². The molecule has 0 radical (unpaired) electrons. The first kappa shape index (κ1) is 19.6. The van der Waals surface area contributed by atoms with Crippen molar-refractivity contribution in [1.82, 2.24) is 4.90 Å². The number of piperidine rings is 1. The first-order valence-corrected chi connectivity index (χ1v) is 10.6. The quantitative estimate of drug-likeness (QED) is 0.310. The molecule has 1 heterocycles. The average molecular weight is 407 g/mol. The van der Waals surface area contributed by atoms with Crippen molar-refractivity contribution in [3.63, 3.8) is 0 Å². The van der Waals surface area contributed by atoms with Gasteiger partial charge in [0, 0.05) is 29.1 Å². The van der Waals surface area contributed by atoms with Crippen LogP contribution in [0.4, 0.5) is 5.69 Å². The number of hydrogen-bond donors (Lipinski definition) is 0. The van der Waals surface area contributed by atoms with E-state index in [0.717, 1.165) is 24.5 Å². The number of non-ortho nitro benzene ring substituents is 1. The summed E-state index contributed by atoms with van der Waals surface area (Å²) < 4.78 is 0. The fourth-order valence-electron chi connectivity index (χ4n) is 3.79. The molecule has 5 nitrogen and oxygen atoms in total. The van der Waals surface area contributed by atoms with Crippen LogP contribution in [-0.2, 0) is 6.54 Å². The summed E-state index contributed by atoms with van der Waals surface area (Å²) in [5, 5.41) is 13.1. The Morgan fingerprint density at radius 2 is 1.69 bits per heavy atom. The van der Waals surface area contributed by atoms with Gasteiger partial charge in [-0.1, -0.05) is 36.8 Å². The lowest BCUT2D eigenvalue weighted by molar-refractivity contribution is -0.384. The Morgan fingerprint density at radius 1 is 0.966 bits per heavy atom. The molecule has 1 aliphatic rings. The molecule has 4 rings (SSSR count). The van der Waals surface area contributed by atoms with E-state index in [4.69, 9.17) is 0 Å². The fraction of sp³-hybridized carbons (Fsp3) is 0.261. The molecule has 0 N–H and O–H groups in total. The Kier molecular flexibility index (Phi) is 5.92. The van der Waals surface area contributed by atoms with Crippen LogP contribution < -0.4 is 0 Å². The van der Waals surface area contributed by atoms with Crippen LogP contribution in [0, 0.1) is 10.1 Å². The summed E-state index contributed by atoms with van der Waals surface area (Å²) in [4.78, 5) is 26.7. The second kappa shape index (κ2) is 8.76. The molecule has 29 heavy (non-hydrogen) atoms. The SMILES string of the molecule is O=C(Sc1ccc2ccccc2c1CN1CCCCC1)c1ccc([N+](=O)[O-])cc1. The molecule has 0 aliphatic carbocycles. The minimum atomic E-state index is -0.457. The van der Waals surface area contributed by atoms with Gasteiger partial charge in [-0.15, -0.1) is 0 Å². The number of thioether (sulfide) groups is 1. The standard InChI is InChI=1S/C23H22N2O3S/c26-23(18-8-11-19(12-9-18)25(27)28)29-22-13-10-17-6-2-3-7-20(17)21(22)16-24-14-4-1-5-15-24/h2-3,6-13H,1,4-5,14-16H2. The summed E-state index contributed by atoms with van der Waals surface area (Å²) in [7, 11) is 0. The summed E-state index contributed by atoms with van der Waals surface area (Å²) in [5.41, 5.74) is 1.64. The molecular weight excluding hydrogens is 384 g/mol. The number of nitrogens with zero attached hydrogens (tertiary/aromatic N) is 2. The number of nitro groups is 1. The van der Waals surface area contributed by atoms with Gasteiger partial charge in [0.15, 0.2) is 0 Å². The lowest BCUT2D eigenvalue weighted by Crippen LogP contribution is -2.29. The number of carbonyl (C=O) groups excluding carboxylic acids is 1. The van der Waals surface area contributed by atoms with Crippen molar-refractivity contribution in [2.24, 2.45) is 0 Å². The maximum Gasteiger partial charge on any atom is 0.269 e. The van der Waals surface area contributed by atoms with Crippen molar-refractivity contribution in [2.45, 2.75) is 30.7 Å². The molecule has 3 aromatic carbocycles. The molecule has 0 atom stereocenters. The van der Waals surface area contributed by atoms with Gasteiger partial charge < -0.3 is 0 Å². The zero-order chi connectivity index (χ0) is 20.2. The van der Waals surface area contributed by atoms with Crippen LogP contribution in [0.25, 0.3) is 10.8 Å². The lowest BCUT2D eigenvalue weighted by Gasteiger charge is -2.27. The van der Waals surface area contributed by atoms with Gasteiger partial charge in [-0.2, -0.15) is 0 Å². The zero-order valence-corrected chi connectivity index (χ0v) is 16.9. The molecule has 148 valence electrons. The van der Waals surface area contributed by atoms with E-state index in [1.165, 1.54) is 71.6 Å². The third-order valence-electron chi connectivity index (χ3n) is 5.34. The van der Waals surface area contributed by atoms with Crippen LogP contribution in [0.1, 0.15) is 35.2 Å². The number of carbonyl (C=O) groups is 1. The highest BCUT2D eigenvalue weighted by molar-refractivity contribution is 8.14. The van der Waals surface area contributed by atoms with Gasteiger partial charge in [-0.05, 0) is 72.2 Å². The summed E-state index contributed by atoms with van der Waals surface area (Å²) >= 11 is 1.21. The first-order valence-electron chi connectivity index (χ1n) is 9.81. The van der Waals surface area contributed by atoms with E-state index < -0.39 is 4.92 Å². The van der Waals surface area contributed by atoms with Gasteiger partial charge in [0.1, 0.15) is 0 Å². The van der Waals surface area contributed by atoms with E-state index in [1.54, 1.807) is 0 Å². The Labute approximate surface area is 173 Å².